The molecule has 11 heteroatoms. The second kappa shape index (κ2) is 9.37. The Morgan fingerprint density at radius 2 is 1.92 bits per heavy atom. The number of anilines is 1. The molecule has 0 bridgehead atoms. The molecule has 1 amide bonds. The summed E-state index contributed by atoms with van der Waals surface area (Å²) >= 11 is 19.9. The zero-order chi connectivity index (χ0) is 25.7. The minimum atomic E-state index is -1.02. The number of fused-ring (bicyclic) bond motifs is 1. The summed E-state index contributed by atoms with van der Waals surface area (Å²) in [6, 6.07) is 8.81. The van der Waals surface area contributed by atoms with Crippen molar-refractivity contribution in [2.45, 2.75) is 13.0 Å². The van der Waals surface area contributed by atoms with Crippen molar-refractivity contribution in [3.63, 3.8) is 0 Å². The second-order valence-corrected chi connectivity index (χ2v) is 10.2. The predicted octanol–water partition coefficient (Wildman–Crippen LogP) is 6.59. The molecular formula is C25H16Cl3N3O4S. The van der Waals surface area contributed by atoms with E-state index in [1.165, 1.54) is 41.7 Å². The molecule has 182 valence electrons. The van der Waals surface area contributed by atoms with Crippen LogP contribution < -0.4 is 9.64 Å². The van der Waals surface area contributed by atoms with Gasteiger partial charge >= 0.3 is 5.91 Å². The highest BCUT2D eigenvalue weighted by atomic mass is 35.5. The maximum atomic E-state index is 13.4. The Morgan fingerprint density at radius 3 is 2.61 bits per heavy atom. The molecule has 1 atom stereocenters. The van der Waals surface area contributed by atoms with E-state index in [1.54, 1.807) is 24.4 Å². The van der Waals surface area contributed by atoms with Crippen molar-refractivity contribution in [2.75, 3.05) is 12.0 Å². The molecule has 1 N–H and O–H groups in total. The van der Waals surface area contributed by atoms with Crippen LogP contribution in [0.5, 0.6) is 5.75 Å². The number of pyridine rings is 1. The Bertz CT molecular complexity index is 1550. The van der Waals surface area contributed by atoms with Gasteiger partial charge in [0.2, 0.25) is 0 Å². The number of amides is 1. The smallest absolute Gasteiger partial charge is 0.301 e. The van der Waals surface area contributed by atoms with Gasteiger partial charge in [-0.15, -0.1) is 0 Å². The van der Waals surface area contributed by atoms with Crippen LogP contribution >= 0.6 is 46.1 Å². The van der Waals surface area contributed by atoms with Crippen LogP contribution in [-0.2, 0) is 9.59 Å². The monoisotopic (exact) mass is 559 g/mol. The molecule has 1 aliphatic heterocycles. The first-order valence-corrected chi connectivity index (χ1v) is 12.5. The van der Waals surface area contributed by atoms with E-state index in [4.69, 9.17) is 39.5 Å². The standard InChI is InChI=1S/C25H16Cl3N3O4S/c1-11-6-18-17(9-15(11)27)30-25(36-18)31-20(12-4-3-5-29-10-12)19(22(33)24(31)34)21(32)14-7-13(26)8-16(28)23(14)35-2/h3-10,20,32H,1-2H3/b21-19+. The summed E-state index contributed by atoms with van der Waals surface area (Å²) in [5.41, 5.74) is 1.85. The number of Topliss-reactive ketones (excluding diaryl/α,β-unsaturated/α-hetero) is 1. The molecule has 0 aliphatic carbocycles. The van der Waals surface area contributed by atoms with Crippen molar-refractivity contribution in [2.24, 2.45) is 0 Å². The third-order valence-electron chi connectivity index (χ3n) is 5.78. The highest BCUT2D eigenvalue weighted by Crippen LogP contribution is 2.46. The normalized spacial score (nSPS) is 17.2. The molecule has 0 saturated carbocycles. The van der Waals surface area contributed by atoms with E-state index in [1.807, 2.05) is 13.0 Å². The summed E-state index contributed by atoms with van der Waals surface area (Å²) < 4.78 is 6.15. The van der Waals surface area contributed by atoms with Crippen LogP contribution in [0.25, 0.3) is 16.0 Å². The van der Waals surface area contributed by atoms with Crippen molar-refractivity contribution in [3.05, 3.63) is 86.1 Å². The van der Waals surface area contributed by atoms with Crippen molar-refractivity contribution in [1.29, 1.82) is 0 Å². The van der Waals surface area contributed by atoms with Crippen molar-refractivity contribution in [1.82, 2.24) is 9.97 Å². The summed E-state index contributed by atoms with van der Waals surface area (Å²) in [6.45, 7) is 1.87. The molecule has 1 aliphatic rings. The van der Waals surface area contributed by atoms with Gasteiger partial charge in [-0.05, 0) is 48.4 Å². The number of aliphatic hydroxyl groups excluding tert-OH is 1. The van der Waals surface area contributed by atoms with E-state index < -0.39 is 23.5 Å². The van der Waals surface area contributed by atoms with Crippen LogP contribution in [0, 0.1) is 6.92 Å². The highest BCUT2D eigenvalue weighted by Gasteiger charge is 2.48. The van der Waals surface area contributed by atoms with Gasteiger partial charge in [-0.25, -0.2) is 4.98 Å². The molecule has 1 unspecified atom stereocenters. The van der Waals surface area contributed by atoms with Crippen molar-refractivity contribution < 1.29 is 19.4 Å². The number of methoxy groups -OCH3 is 1. The lowest BCUT2D eigenvalue weighted by molar-refractivity contribution is -0.132. The van der Waals surface area contributed by atoms with Crippen LogP contribution in [0.3, 0.4) is 0 Å². The SMILES string of the molecule is COc1c(Cl)cc(Cl)cc1/C(O)=C1\C(=O)C(=O)N(c2nc3cc(Cl)c(C)cc3s2)C1c1cccnc1. The molecule has 0 spiro atoms. The van der Waals surface area contributed by atoms with Gasteiger partial charge in [0.15, 0.2) is 5.13 Å². The Morgan fingerprint density at radius 1 is 1.14 bits per heavy atom. The minimum absolute atomic E-state index is 0.0774. The molecule has 3 heterocycles. The Labute approximate surface area is 224 Å². The fourth-order valence-electron chi connectivity index (χ4n) is 4.11. The molecule has 2 aromatic carbocycles. The van der Waals surface area contributed by atoms with E-state index in [0.717, 1.165) is 10.3 Å². The molecule has 2 aromatic heterocycles. The molecule has 1 saturated heterocycles. The Hall–Kier alpha value is -3.17. The summed E-state index contributed by atoms with van der Waals surface area (Å²) in [5.74, 6) is -2.11. The van der Waals surface area contributed by atoms with Gasteiger partial charge in [-0.1, -0.05) is 52.2 Å². The molecule has 4 aromatic rings. The number of benzene rings is 2. The zero-order valence-corrected chi connectivity index (χ0v) is 21.8. The topological polar surface area (TPSA) is 92.6 Å². The third-order valence-corrected chi connectivity index (χ3v) is 7.70. The fraction of sp³-hybridized carbons (Fsp3) is 0.120. The Balaban J connectivity index is 1.77. The van der Waals surface area contributed by atoms with Crippen LogP contribution in [0.1, 0.15) is 22.7 Å². The summed E-state index contributed by atoms with van der Waals surface area (Å²) in [6.07, 6.45) is 3.09. The lowest BCUT2D eigenvalue weighted by atomic mass is 9.96. The number of ether oxygens (including phenoxy) is 1. The number of ketones is 1. The lowest BCUT2D eigenvalue weighted by Crippen LogP contribution is -2.29. The summed E-state index contributed by atoms with van der Waals surface area (Å²) in [4.78, 5) is 36.8. The Kier molecular flexibility index (Phi) is 6.38. The maximum Gasteiger partial charge on any atom is 0.301 e. The minimum Gasteiger partial charge on any atom is -0.507 e. The number of nitrogens with zero attached hydrogens (tertiary/aromatic N) is 3. The number of rotatable bonds is 4. The maximum absolute atomic E-state index is 13.4. The molecule has 36 heavy (non-hydrogen) atoms. The largest absolute Gasteiger partial charge is 0.507 e. The highest BCUT2D eigenvalue weighted by molar-refractivity contribution is 7.22. The van der Waals surface area contributed by atoms with E-state index in [9.17, 15) is 14.7 Å². The van der Waals surface area contributed by atoms with Gasteiger partial charge < -0.3 is 9.84 Å². The average Bonchev–Trinajstić information content (AvgIpc) is 3.36. The van der Waals surface area contributed by atoms with Crippen LogP contribution in [0.4, 0.5) is 5.13 Å². The summed E-state index contributed by atoms with van der Waals surface area (Å²) in [7, 11) is 1.37. The molecule has 7 nitrogen and oxygen atoms in total. The van der Waals surface area contributed by atoms with Gasteiger partial charge in [0, 0.05) is 22.4 Å². The quantitative estimate of drug-likeness (QED) is 0.172. The van der Waals surface area contributed by atoms with Crippen LogP contribution in [0.15, 0.2) is 54.4 Å². The number of aliphatic hydroxyl groups is 1. The fourth-order valence-corrected chi connectivity index (χ4v) is 5.91. The molecule has 0 radical (unpaired) electrons. The van der Waals surface area contributed by atoms with E-state index in [-0.39, 0.29) is 32.1 Å². The summed E-state index contributed by atoms with van der Waals surface area (Å²) in [5, 5.41) is 12.6. The van der Waals surface area contributed by atoms with Crippen molar-refractivity contribution in [3.8, 4) is 5.75 Å². The third kappa shape index (κ3) is 4.00. The van der Waals surface area contributed by atoms with Gasteiger partial charge in [0.1, 0.15) is 11.5 Å². The first-order chi connectivity index (χ1) is 17.2. The second-order valence-electron chi connectivity index (χ2n) is 7.99. The van der Waals surface area contributed by atoms with Gasteiger partial charge in [0.05, 0.1) is 39.5 Å². The number of aryl methyl sites for hydroxylation is 1. The van der Waals surface area contributed by atoms with E-state index >= 15 is 0 Å². The number of carbonyl (C=O) groups excluding carboxylic acids is 2. The first kappa shape index (κ1) is 24.5. The van der Waals surface area contributed by atoms with Crippen LogP contribution in [0.2, 0.25) is 15.1 Å². The number of aromatic nitrogens is 2. The number of carbonyl (C=O) groups is 2. The molecular weight excluding hydrogens is 545 g/mol. The average molecular weight is 561 g/mol. The predicted molar refractivity (Wildman–Crippen MR) is 141 cm³/mol. The molecule has 5 rings (SSSR count). The number of hydrogen-bond acceptors (Lipinski definition) is 7. The van der Waals surface area contributed by atoms with E-state index in [0.29, 0.717) is 16.1 Å². The number of hydrogen-bond donors (Lipinski definition) is 1. The van der Waals surface area contributed by atoms with Crippen molar-refractivity contribution >= 4 is 78.9 Å². The van der Waals surface area contributed by atoms with Gasteiger partial charge in [-0.2, -0.15) is 0 Å². The molecule has 1 fully saturated rings. The van der Waals surface area contributed by atoms with Gasteiger partial charge in [0.25, 0.3) is 5.78 Å². The van der Waals surface area contributed by atoms with Crippen LogP contribution in [-0.4, -0.2) is 33.9 Å². The van der Waals surface area contributed by atoms with E-state index in [2.05, 4.69) is 9.97 Å². The number of halogens is 3. The van der Waals surface area contributed by atoms with Gasteiger partial charge in [-0.3, -0.25) is 19.5 Å². The zero-order valence-electron chi connectivity index (χ0n) is 18.8. The number of thiazole rings is 1. The first-order valence-electron chi connectivity index (χ1n) is 10.5. The lowest BCUT2D eigenvalue weighted by Gasteiger charge is -2.22.